The van der Waals surface area contributed by atoms with Gasteiger partial charge in [-0.05, 0) is 48.5 Å². The highest BCUT2D eigenvalue weighted by molar-refractivity contribution is 6.37. The van der Waals surface area contributed by atoms with E-state index in [1.807, 2.05) is 0 Å². The topological polar surface area (TPSA) is 127 Å². The van der Waals surface area contributed by atoms with Crippen molar-refractivity contribution in [2.75, 3.05) is 24.0 Å². The van der Waals surface area contributed by atoms with Crippen LogP contribution < -0.4 is 19.3 Å². The van der Waals surface area contributed by atoms with E-state index < -0.39 is 65.3 Å². The molecular formula is C31H24N2O8. The van der Waals surface area contributed by atoms with Crippen LogP contribution in [-0.4, -0.2) is 49.4 Å². The lowest BCUT2D eigenvalue weighted by Crippen LogP contribution is -2.52. The van der Waals surface area contributed by atoms with Gasteiger partial charge in [-0.15, -0.1) is 0 Å². The molecule has 3 aliphatic rings. The van der Waals surface area contributed by atoms with Crippen LogP contribution in [0, 0.1) is 17.3 Å². The summed E-state index contributed by atoms with van der Waals surface area (Å²) in [5.74, 6) is -6.22. The van der Waals surface area contributed by atoms with Gasteiger partial charge in [-0.1, -0.05) is 24.3 Å². The van der Waals surface area contributed by atoms with E-state index in [0.717, 1.165) is 9.80 Å². The van der Waals surface area contributed by atoms with E-state index in [0.29, 0.717) is 11.5 Å². The number of hydrogen-bond acceptors (Lipinski definition) is 8. The maximum Gasteiger partial charge on any atom is 0.238 e. The Labute approximate surface area is 234 Å². The first-order chi connectivity index (χ1) is 19.7. The van der Waals surface area contributed by atoms with Crippen LogP contribution >= 0.6 is 0 Å². The van der Waals surface area contributed by atoms with Gasteiger partial charge in [0.1, 0.15) is 16.9 Å². The number of fused-ring (bicyclic) bond motifs is 1. The molecule has 4 amide bonds. The van der Waals surface area contributed by atoms with E-state index in [1.165, 1.54) is 50.6 Å². The van der Waals surface area contributed by atoms with Crippen molar-refractivity contribution < 1.29 is 38.2 Å². The SMILES string of the molecule is COc1ccc(N2C(=O)C[C@H](C3([C@H]4CC(=O)N(c5ccc(OC)cc5)C4=O)C(=O)c4ccccc4C3=O)C2=O)cc1. The van der Waals surface area contributed by atoms with E-state index in [1.54, 1.807) is 36.4 Å². The van der Waals surface area contributed by atoms with Gasteiger partial charge in [-0.2, -0.15) is 0 Å². The minimum atomic E-state index is -2.26. The van der Waals surface area contributed by atoms with Crippen molar-refractivity contribution >= 4 is 46.6 Å². The van der Waals surface area contributed by atoms with E-state index in [-0.39, 0.29) is 22.5 Å². The Morgan fingerprint density at radius 3 is 1.29 bits per heavy atom. The zero-order chi connectivity index (χ0) is 29.1. The van der Waals surface area contributed by atoms with Crippen LogP contribution in [0.5, 0.6) is 11.5 Å². The van der Waals surface area contributed by atoms with E-state index in [2.05, 4.69) is 0 Å². The molecule has 0 unspecified atom stereocenters. The Hall–Kier alpha value is -5.12. The number of ketones is 2. The number of amides is 4. The fraction of sp³-hybridized carbons (Fsp3) is 0.226. The van der Waals surface area contributed by atoms with Crippen LogP contribution in [0.4, 0.5) is 11.4 Å². The number of ether oxygens (including phenoxy) is 2. The number of rotatable bonds is 6. The molecule has 6 rings (SSSR count). The predicted octanol–water partition coefficient (Wildman–Crippen LogP) is 3.23. The summed E-state index contributed by atoms with van der Waals surface area (Å²) in [4.78, 5) is 85.0. The van der Waals surface area contributed by atoms with Gasteiger partial charge in [0, 0.05) is 24.0 Å². The van der Waals surface area contributed by atoms with Crippen molar-refractivity contribution in [3.63, 3.8) is 0 Å². The highest BCUT2D eigenvalue weighted by Gasteiger charge is 2.70. The molecule has 3 aromatic rings. The Balaban J connectivity index is 1.46. The first kappa shape index (κ1) is 26.1. The molecule has 206 valence electrons. The smallest absolute Gasteiger partial charge is 0.238 e. The molecule has 10 heteroatoms. The predicted molar refractivity (Wildman–Crippen MR) is 145 cm³/mol. The molecule has 2 atom stereocenters. The maximum atomic E-state index is 14.2. The molecular weight excluding hydrogens is 528 g/mol. The van der Waals surface area contributed by atoms with Crippen LogP contribution in [0.2, 0.25) is 0 Å². The highest BCUT2D eigenvalue weighted by atomic mass is 16.5. The van der Waals surface area contributed by atoms with Crippen LogP contribution in [0.1, 0.15) is 33.6 Å². The molecule has 0 radical (unpaired) electrons. The number of hydrogen-bond donors (Lipinski definition) is 0. The summed E-state index contributed by atoms with van der Waals surface area (Å²) in [6, 6.07) is 18.5. The summed E-state index contributed by atoms with van der Waals surface area (Å²) in [6.07, 6.45) is -0.951. The fourth-order valence-corrected chi connectivity index (χ4v) is 6.28. The van der Waals surface area contributed by atoms with Crippen LogP contribution in [-0.2, 0) is 19.2 Å². The van der Waals surface area contributed by atoms with Crippen molar-refractivity contribution in [3.05, 3.63) is 83.9 Å². The standard InChI is InChI=1S/C31H24N2O8/c1-40-19-11-7-17(8-12-19)32-25(34)15-23(29(32)38)31(27(36)21-5-3-4-6-22(21)28(31)37)24-16-26(35)33(30(24)39)18-9-13-20(41-2)14-10-18/h3-14,23-24H,15-16H2,1-2H3/t23-,24-/m0/s1. The molecule has 10 nitrogen and oxygen atoms in total. The molecule has 3 aromatic carbocycles. The fourth-order valence-electron chi connectivity index (χ4n) is 6.28. The number of imide groups is 2. The summed E-state index contributed by atoms with van der Waals surface area (Å²) in [5, 5.41) is 0. The van der Waals surface area contributed by atoms with Crippen LogP contribution in [0.25, 0.3) is 0 Å². The van der Waals surface area contributed by atoms with Crippen LogP contribution in [0.15, 0.2) is 72.8 Å². The lowest BCUT2D eigenvalue weighted by atomic mass is 9.61. The summed E-state index contributed by atoms with van der Waals surface area (Å²) < 4.78 is 10.3. The van der Waals surface area contributed by atoms with E-state index in [4.69, 9.17) is 9.47 Å². The van der Waals surface area contributed by atoms with E-state index in [9.17, 15) is 28.8 Å². The van der Waals surface area contributed by atoms with Gasteiger partial charge in [0.15, 0.2) is 11.6 Å². The number of benzene rings is 3. The molecule has 2 saturated heterocycles. The normalized spacial score (nSPS) is 21.6. The first-order valence-corrected chi connectivity index (χ1v) is 12.9. The molecule has 1 aliphatic carbocycles. The van der Waals surface area contributed by atoms with Gasteiger partial charge in [0.05, 0.1) is 37.4 Å². The average molecular weight is 553 g/mol. The number of Topliss-reactive ketones (excluding diaryl/α,β-unsaturated/α-hetero) is 2. The zero-order valence-corrected chi connectivity index (χ0v) is 22.2. The maximum absolute atomic E-state index is 14.2. The number of anilines is 2. The summed E-state index contributed by atoms with van der Waals surface area (Å²) in [7, 11) is 2.95. The third-order valence-electron chi connectivity index (χ3n) is 8.22. The largest absolute Gasteiger partial charge is 0.497 e. The second-order valence-electron chi connectivity index (χ2n) is 10.1. The first-order valence-electron chi connectivity index (χ1n) is 12.9. The van der Waals surface area contributed by atoms with Crippen molar-refractivity contribution in [2.24, 2.45) is 17.3 Å². The van der Waals surface area contributed by atoms with Gasteiger partial charge in [0.25, 0.3) is 0 Å². The van der Waals surface area contributed by atoms with Gasteiger partial charge in [-0.25, -0.2) is 0 Å². The molecule has 0 saturated carbocycles. The molecule has 0 spiro atoms. The van der Waals surface area contributed by atoms with Gasteiger partial charge < -0.3 is 9.47 Å². The summed E-state index contributed by atoms with van der Waals surface area (Å²) >= 11 is 0. The third kappa shape index (κ3) is 3.63. The van der Waals surface area contributed by atoms with Crippen molar-refractivity contribution in [1.82, 2.24) is 0 Å². The Bertz CT molecular complexity index is 1520. The third-order valence-corrected chi connectivity index (χ3v) is 8.22. The monoisotopic (exact) mass is 552 g/mol. The molecule has 0 aromatic heterocycles. The number of nitrogens with zero attached hydrogens (tertiary/aromatic N) is 2. The van der Waals surface area contributed by atoms with Crippen molar-refractivity contribution in [2.45, 2.75) is 12.8 Å². The molecule has 41 heavy (non-hydrogen) atoms. The van der Waals surface area contributed by atoms with Gasteiger partial charge in [0.2, 0.25) is 23.6 Å². The minimum absolute atomic E-state index is 0.0591. The lowest BCUT2D eigenvalue weighted by molar-refractivity contribution is -0.127. The molecule has 2 aliphatic heterocycles. The van der Waals surface area contributed by atoms with Crippen molar-refractivity contribution in [1.29, 1.82) is 0 Å². The zero-order valence-electron chi connectivity index (χ0n) is 22.2. The Morgan fingerprint density at radius 2 is 0.951 bits per heavy atom. The number of carbonyl (C=O) groups is 6. The van der Waals surface area contributed by atoms with Gasteiger partial charge in [-0.3, -0.25) is 38.6 Å². The Morgan fingerprint density at radius 1 is 0.585 bits per heavy atom. The average Bonchev–Trinajstić information content (AvgIpc) is 3.54. The molecule has 0 bridgehead atoms. The molecule has 2 heterocycles. The number of methoxy groups -OCH3 is 2. The second-order valence-corrected chi connectivity index (χ2v) is 10.1. The van der Waals surface area contributed by atoms with Crippen LogP contribution in [0.3, 0.4) is 0 Å². The lowest BCUT2D eigenvalue weighted by Gasteiger charge is -2.34. The minimum Gasteiger partial charge on any atom is -0.497 e. The van der Waals surface area contributed by atoms with Gasteiger partial charge >= 0.3 is 0 Å². The molecule has 2 fully saturated rings. The number of carbonyl (C=O) groups excluding carboxylic acids is 6. The second kappa shape index (κ2) is 9.51. The van der Waals surface area contributed by atoms with Crippen molar-refractivity contribution in [3.8, 4) is 11.5 Å². The quantitative estimate of drug-likeness (QED) is 0.337. The molecule has 0 N–H and O–H groups in total. The Kier molecular flexibility index (Phi) is 6.06. The highest BCUT2D eigenvalue weighted by Crippen LogP contribution is 2.55. The van der Waals surface area contributed by atoms with E-state index >= 15 is 0 Å². The summed E-state index contributed by atoms with van der Waals surface area (Å²) in [6.45, 7) is 0. The summed E-state index contributed by atoms with van der Waals surface area (Å²) in [5.41, 5.74) is -1.66.